The number of amidine groups is 1. The van der Waals surface area contributed by atoms with Crippen molar-refractivity contribution in [3.63, 3.8) is 0 Å². The number of aryl methyl sites for hydroxylation is 1. The van der Waals surface area contributed by atoms with E-state index in [4.69, 9.17) is 5.73 Å². The zero-order valence-electron chi connectivity index (χ0n) is 12.2. The minimum Gasteiger partial charge on any atom is -0.370 e. The van der Waals surface area contributed by atoms with Crippen LogP contribution in [0.3, 0.4) is 0 Å². The highest BCUT2D eigenvalue weighted by atomic mass is 32.2. The monoisotopic (exact) mass is 311 g/mol. The predicted octanol–water partition coefficient (Wildman–Crippen LogP) is 3.76. The molecule has 0 fully saturated rings. The van der Waals surface area contributed by atoms with Gasteiger partial charge in [-0.1, -0.05) is 47.7 Å². The average Bonchev–Trinajstić information content (AvgIpc) is 2.49. The lowest BCUT2D eigenvalue weighted by molar-refractivity contribution is -0.118. The molecular formula is C17H17N3OS. The molecule has 0 radical (unpaired) electrons. The average molecular weight is 311 g/mol. The number of anilines is 1. The van der Waals surface area contributed by atoms with E-state index in [1.165, 1.54) is 17.3 Å². The summed E-state index contributed by atoms with van der Waals surface area (Å²) in [5.74, 6) is -0.302. The van der Waals surface area contributed by atoms with Crippen molar-refractivity contribution < 1.29 is 4.79 Å². The Kier molecular flexibility index (Phi) is 4.15. The first kappa shape index (κ1) is 14.7. The molecule has 2 aromatic carbocycles. The molecule has 0 spiro atoms. The molecule has 1 aliphatic heterocycles. The van der Waals surface area contributed by atoms with Crippen molar-refractivity contribution in [3.8, 4) is 0 Å². The molecule has 0 saturated carbocycles. The number of nitrogens with two attached hydrogens (primary N) is 1. The second kappa shape index (κ2) is 6.23. The van der Waals surface area contributed by atoms with Crippen LogP contribution >= 0.6 is 11.8 Å². The van der Waals surface area contributed by atoms with Crippen LogP contribution in [-0.2, 0) is 4.79 Å². The van der Waals surface area contributed by atoms with Gasteiger partial charge in [-0.25, -0.2) is 4.99 Å². The van der Waals surface area contributed by atoms with Gasteiger partial charge in [-0.05, 0) is 30.7 Å². The molecule has 2 aromatic rings. The molecule has 4 nitrogen and oxygen atoms in total. The fourth-order valence-corrected chi connectivity index (χ4v) is 3.52. The summed E-state index contributed by atoms with van der Waals surface area (Å²) >= 11 is 1.54. The number of hydrogen-bond donors (Lipinski definition) is 2. The van der Waals surface area contributed by atoms with Gasteiger partial charge in [0.15, 0.2) is 5.17 Å². The molecule has 0 aliphatic carbocycles. The molecule has 112 valence electrons. The zero-order chi connectivity index (χ0) is 15.5. The van der Waals surface area contributed by atoms with Gasteiger partial charge in [-0.2, -0.15) is 0 Å². The number of hydrogen-bond acceptors (Lipinski definition) is 4. The number of nitrogens with one attached hydrogen (secondary N) is 1. The van der Waals surface area contributed by atoms with E-state index in [1.54, 1.807) is 0 Å². The van der Waals surface area contributed by atoms with Crippen molar-refractivity contribution in [2.45, 2.75) is 18.6 Å². The van der Waals surface area contributed by atoms with Gasteiger partial charge in [0.25, 0.3) is 0 Å². The maximum atomic E-state index is 11.3. The highest BCUT2D eigenvalue weighted by Gasteiger charge is 2.24. The molecule has 0 aromatic heterocycles. The summed E-state index contributed by atoms with van der Waals surface area (Å²) in [6, 6.07) is 16.0. The fourth-order valence-electron chi connectivity index (χ4n) is 2.35. The van der Waals surface area contributed by atoms with Gasteiger partial charge in [-0.3, -0.25) is 4.79 Å². The Balaban J connectivity index is 1.87. The Bertz CT molecular complexity index is 725. The molecular weight excluding hydrogens is 294 g/mol. The lowest BCUT2D eigenvalue weighted by atomic mass is 10.1. The lowest BCUT2D eigenvalue weighted by Gasteiger charge is -2.23. The second-order valence-electron chi connectivity index (χ2n) is 5.24. The van der Waals surface area contributed by atoms with Crippen LogP contribution in [0.1, 0.15) is 22.8 Å². The van der Waals surface area contributed by atoms with Crippen molar-refractivity contribution in [1.82, 2.24) is 0 Å². The van der Waals surface area contributed by atoms with E-state index in [-0.39, 0.29) is 11.2 Å². The summed E-state index contributed by atoms with van der Waals surface area (Å²) < 4.78 is 0. The van der Waals surface area contributed by atoms with Gasteiger partial charge < -0.3 is 11.1 Å². The Morgan fingerprint density at radius 2 is 1.95 bits per heavy atom. The van der Waals surface area contributed by atoms with Crippen LogP contribution in [-0.4, -0.2) is 11.1 Å². The Labute approximate surface area is 133 Å². The molecule has 1 amide bonds. The van der Waals surface area contributed by atoms with E-state index < -0.39 is 0 Å². The summed E-state index contributed by atoms with van der Waals surface area (Å²) in [4.78, 5) is 16.0. The minimum absolute atomic E-state index is 0.000789. The maximum absolute atomic E-state index is 11.3. The van der Waals surface area contributed by atoms with Crippen molar-refractivity contribution in [1.29, 1.82) is 0 Å². The van der Waals surface area contributed by atoms with Gasteiger partial charge in [0.1, 0.15) is 0 Å². The Morgan fingerprint density at radius 3 is 2.68 bits per heavy atom. The van der Waals surface area contributed by atoms with Crippen molar-refractivity contribution >= 4 is 34.2 Å². The van der Waals surface area contributed by atoms with Crippen LogP contribution in [0.25, 0.3) is 0 Å². The number of amides is 1. The molecule has 22 heavy (non-hydrogen) atoms. The highest BCUT2D eigenvalue weighted by molar-refractivity contribution is 8.14. The van der Waals surface area contributed by atoms with Crippen LogP contribution in [0.2, 0.25) is 0 Å². The number of para-hydroxylation sites is 1. The normalized spacial score (nSPS) is 16.6. The molecule has 0 saturated heterocycles. The van der Waals surface area contributed by atoms with Gasteiger partial charge in [-0.15, -0.1) is 0 Å². The first-order chi connectivity index (χ1) is 10.6. The summed E-state index contributed by atoms with van der Waals surface area (Å²) in [5, 5.41) is 4.10. The van der Waals surface area contributed by atoms with Crippen molar-refractivity contribution in [3.05, 3.63) is 59.7 Å². The third kappa shape index (κ3) is 3.31. The van der Waals surface area contributed by atoms with Crippen LogP contribution in [0, 0.1) is 6.92 Å². The second-order valence-corrected chi connectivity index (χ2v) is 6.44. The number of rotatable bonds is 3. The number of aliphatic imine (C=N–C) groups is 1. The van der Waals surface area contributed by atoms with Gasteiger partial charge >= 0.3 is 0 Å². The largest absolute Gasteiger partial charge is 0.370 e. The molecule has 5 heteroatoms. The van der Waals surface area contributed by atoms with Gasteiger partial charge in [0.2, 0.25) is 5.91 Å². The molecule has 1 heterocycles. The highest BCUT2D eigenvalue weighted by Crippen LogP contribution is 2.42. The molecule has 0 bridgehead atoms. The lowest BCUT2D eigenvalue weighted by Crippen LogP contribution is -2.19. The van der Waals surface area contributed by atoms with Gasteiger partial charge in [0.05, 0.1) is 5.69 Å². The van der Waals surface area contributed by atoms with E-state index in [0.717, 1.165) is 22.1 Å². The van der Waals surface area contributed by atoms with Crippen LogP contribution in [0.5, 0.6) is 0 Å². The SMILES string of the molecule is Cc1ccc(NC2=Nc3ccccc3C(CC(N)=O)S2)cc1. The topological polar surface area (TPSA) is 67.5 Å². The Morgan fingerprint density at radius 1 is 1.23 bits per heavy atom. The van der Waals surface area contributed by atoms with Crippen LogP contribution in [0.15, 0.2) is 53.5 Å². The quantitative estimate of drug-likeness (QED) is 0.907. The minimum atomic E-state index is -0.302. The predicted molar refractivity (Wildman–Crippen MR) is 92.5 cm³/mol. The maximum Gasteiger partial charge on any atom is 0.218 e. The number of primary amides is 1. The smallest absolute Gasteiger partial charge is 0.218 e. The molecule has 3 N–H and O–H groups in total. The van der Waals surface area contributed by atoms with E-state index >= 15 is 0 Å². The first-order valence-corrected chi connectivity index (χ1v) is 7.96. The Hall–Kier alpha value is -2.27. The first-order valence-electron chi connectivity index (χ1n) is 7.08. The molecule has 1 unspecified atom stereocenters. The van der Waals surface area contributed by atoms with Gasteiger partial charge in [0, 0.05) is 17.4 Å². The number of nitrogens with zero attached hydrogens (tertiary/aromatic N) is 1. The number of benzene rings is 2. The standard InChI is InChI=1S/C17H17N3OS/c1-11-6-8-12(9-7-11)19-17-20-14-5-3-2-4-13(14)15(22-17)10-16(18)21/h2-9,15H,10H2,1H3,(H2,18,21)(H,19,20). The van der Waals surface area contributed by atoms with Crippen LogP contribution in [0.4, 0.5) is 11.4 Å². The number of carbonyl (C=O) groups is 1. The van der Waals surface area contributed by atoms with Crippen molar-refractivity contribution in [2.75, 3.05) is 5.32 Å². The third-order valence-electron chi connectivity index (χ3n) is 3.45. The van der Waals surface area contributed by atoms with E-state index in [9.17, 15) is 4.79 Å². The van der Waals surface area contributed by atoms with E-state index in [1.807, 2.05) is 48.5 Å². The summed E-state index contributed by atoms with van der Waals surface area (Å²) in [7, 11) is 0. The summed E-state index contributed by atoms with van der Waals surface area (Å²) in [5.41, 5.74) is 9.52. The summed E-state index contributed by atoms with van der Waals surface area (Å²) in [6.45, 7) is 2.05. The number of thioether (sulfide) groups is 1. The fraction of sp³-hybridized carbons (Fsp3) is 0.176. The molecule has 3 rings (SSSR count). The zero-order valence-corrected chi connectivity index (χ0v) is 13.1. The molecule has 1 aliphatic rings. The number of carbonyl (C=O) groups excluding carboxylic acids is 1. The summed E-state index contributed by atoms with van der Waals surface area (Å²) in [6.07, 6.45) is 0.302. The molecule has 1 atom stereocenters. The number of fused-ring (bicyclic) bond motifs is 1. The van der Waals surface area contributed by atoms with E-state index in [2.05, 4.69) is 17.2 Å². The third-order valence-corrected chi connectivity index (χ3v) is 4.57. The van der Waals surface area contributed by atoms with Crippen molar-refractivity contribution in [2.24, 2.45) is 10.7 Å². The van der Waals surface area contributed by atoms with Crippen LogP contribution < -0.4 is 11.1 Å². The van der Waals surface area contributed by atoms with E-state index in [0.29, 0.717) is 6.42 Å².